The van der Waals surface area contributed by atoms with E-state index in [0.29, 0.717) is 13.2 Å². The summed E-state index contributed by atoms with van der Waals surface area (Å²) in [6.07, 6.45) is 4.60. The van der Waals surface area contributed by atoms with Gasteiger partial charge in [0.15, 0.2) is 0 Å². The Morgan fingerprint density at radius 3 is 2.81 bits per heavy atom. The Bertz CT molecular complexity index is 633. The molecule has 0 unspecified atom stereocenters. The minimum atomic E-state index is 0.635. The van der Waals surface area contributed by atoms with E-state index in [2.05, 4.69) is 43.3 Å². The van der Waals surface area contributed by atoms with Crippen LogP contribution in [0.25, 0.3) is 0 Å². The molecule has 0 saturated heterocycles. The summed E-state index contributed by atoms with van der Waals surface area (Å²) >= 11 is 0. The highest BCUT2D eigenvalue weighted by molar-refractivity contribution is 5.41. The molecular formula is C19H23NO. The maximum atomic E-state index is 6.11. The van der Waals surface area contributed by atoms with Crippen LogP contribution in [0.5, 0.6) is 5.75 Å². The summed E-state index contributed by atoms with van der Waals surface area (Å²) in [6.45, 7) is 3.38. The van der Waals surface area contributed by atoms with E-state index in [1.165, 1.54) is 47.1 Å². The summed E-state index contributed by atoms with van der Waals surface area (Å²) in [5, 5.41) is 0. The number of aryl methyl sites for hydroxylation is 3. The highest BCUT2D eigenvalue weighted by Crippen LogP contribution is 2.26. The van der Waals surface area contributed by atoms with Crippen molar-refractivity contribution in [1.29, 1.82) is 0 Å². The second-order valence-corrected chi connectivity index (χ2v) is 5.85. The van der Waals surface area contributed by atoms with Crippen LogP contribution in [0.2, 0.25) is 0 Å². The van der Waals surface area contributed by atoms with E-state index in [1.54, 1.807) is 0 Å². The predicted molar refractivity (Wildman–Crippen MR) is 86.7 cm³/mol. The topological polar surface area (TPSA) is 35.2 Å². The monoisotopic (exact) mass is 281 g/mol. The molecule has 1 aliphatic rings. The summed E-state index contributed by atoms with van der Waals surface area (Å²) in [6, 6.07) is 13.0. The van der Waals surface area contributed by atoms with E-state index in [1.807, 2.05) is 0 Å². The number of ether oxygens (including phenoxy) is 1. The first-order valence-electron chi connectivity index (χ1n) is 7.80. The predicted octanol–water partition coefficient (Wildman–Crippen LogP) is 3.56. The van der Waals surface area contributed by atoms with Crippen LogP contribution in [0, 0.1) is 6.92 Å². The number of hydrogen-bond acceptors (Lipinski definition) is 2. The van der Waals surface area contributed by atoms with Crippen LogP contribution in [-0.4, -0.2) is 6.54 Å². The Labute approximate surface area is 126 Å². The Kier molecular flexibility index (Phi) is 4.26. The van der Waals surface area contributed by atoms with Gasteiger partial charge in [0.2, 0.25) is 0 Å². The second-order valence-electron chi connectivity index (χ2n) is 5.85. The minimum Gasteiger partial charge on any atom is -0.488 e. The summed E-state index contributed by atoms with van der Waals surface area (Å²) in [5.74, 6) is 1.00. The Morgan fingerprint density at radius 2 is 1.95 bits per heavy atom. The fraction of sp³-hybridized carbons (Fsp3) is 0.368. The highest BCUT2D eigenvalue weighted by Gasteiger charge is 2.12. The molecule has 2 aromatic rings. The third-order valence-electron chi connectivity index (χ3n) is 4.25. The summed E-state index contributed by atoms with van der Waals surface area (Å²) in [4.78, 5) is 0. The second kappa shape index (κ2) is 6.31. The number of nitrogens with two attached hydrogens (primary N) is 1. The van der Waals surface area contributed by atoms with Crippen molar-refractivity contribution in [1.82, 2.24) is 0 Å². The molecule has 2 N–H and O–H groups in total. The van der Waals surface area contributed by atoms with Gasteiger partial charge in [-0.05, 0) is 67.0 Å². The molecule has 0 atom stereocenters. The van der Waals surface area contributed by atoms with Crippen LogP contribution >= 0.6 is 0 Å². The molecule has 2 aromatic carbocycles. The van der Waals surface area contributed by atoms with Crippen molar-refractivity contribution in [3.8, 4) is 5.75 Å². The number of hydrogen-bond donors (Lipinski definition) is 1. The van der Waals surface area contributed by atoms with E-state index >= 15 is 0 Å². The normalized spacial score (nSPS) is 13.2. The van der Waals surface area contributed by atoms with Gasteiger partial charge >= 0.3 is 0 Å². The Morgan fingerprint density at radius 1 is 1.10 bits per heavy atom. The molecule has 0 amide bonds. The van der Waals surface area contributed by atoms with Gasteiger partial charge in [-0.25, -0.2) is 0 Å². The molecule has 0 saturated carbocycles. The molecule has 2 heteroatoms. The van der Waals surface area contributed by atoms with Crippen LogP contribution in [0.15, 0.2) is 36.4 Å². The van der Waals surface area contributed by atoms with Crippen LogP contribution < -0.4 is 10.5 Å². The average Bonchev–Trinajstić information content (AvgIpc) is 2.94. The standard InChI is InChI=1S/C19H23NO/c1-14-4-2-6-17(10-11-20)19(14)21-13-15-8-9-16-5-3-7-18(16)12-15/h2,4,6,8-9,12H,3,5,7,10-11,13,20H2,1H3. The van der Waals surface area contributed by atoms with Crippen LogP contribution in [-0.2, 0) is 25.9 Å². The van der Waals surface area contributed by atoms with Gasteiger partial charge in [-0.2, -0.15) is 0 Å². The molecule has 2 nitrogen and oxygen atoms in total. The molecule has 110 valence electrons. The van der Waals surface area contributed by atoms with Crippen molar-refractivity contribution in [3.05, 3.63) is 64.2 Å². The van der Waals surface area contributed by atoms with Gasteiger partial charge < -0.3 is 10.5 Å². The molecular weight excluding hydrogens is 258 g/mol. The lowest BCUT2D eigenvalue weighted by Gasteiger charge is -2.14. The summed E-state index contributed by atoms with van der Waals surface area (Å²) in [7, 11) is 0. The van der Waals surface area contributed by atoms with Gasteiger partial charge in [0.05, 0.1) is 0 Å². The molecule has 21 heavy (non-hydrogen) atoms. The van der Waals surface area contributed by atoms with Gasteiger partial charge in [-0.15, -0.1) is 0 Å². The maximum Gasteiger partial charge on any atom is 0.125 e. The van der Waals surface area contributed by atoms with Crippen molar-refractivity contribution in [2.24, 2.45) is 5.73 Å². The number of benzene rings is 2. The molecule has 0 aliphatic heterocycles. The fourth-order valence-electron chi connectivity index (χ4n) is 3.14. The number of para-hydroxylation sites is 1. The third-order valence-corrected chi connectivity index (χ3v) is 4.25. The Hall–Kier alpha value is -1.80. The van der Waals surface area contributed by atoms with Crippen molar-refractivity contribution in [2.75, 3.05) is 6.54 Å². The van der Waals surface area contributed by atoms with Crippen molar-refractivity contribution < 1.29 is 4.74 Å². The van der Waals surface area contributed by atoms with Crippen LogP contribution in [0.4, 0.5) is 0 Å². The van der Waals surface area contributed by atoms with Gasteiger partial charge in [-0.3, -0.25) is 0 Å². The van der Waals surface area contributed by atoms with Crippen molar-refractivity contribution in [3.63, 3.8) is 0 Å². The number of rotatable bonds is 5. The smallest absolute Gasteiger partial charge is 0.125 e. The first-order valence-corrected chi connectivity index (χ1v) is 7.80. The van der Waals surface area contributed by atoms with Gasteiger partial charge in [0.1, 0.15) is 12.4 Å². The zero-order chi connectivity index (χ0) is 14.7. The van der Waals surface area contributed by atoms with E-state index < -0.39 is 0 Å². The third kappa shape index (κ3) is 3.11. The highest BCUT2D eigenvalue weighted by atomic mass is 16.5. The number of fused-ring (bicyclic) bond motifs is 1. The molecule has 0 bridgehead atoms. The van der Waals surface area contributed by atoms with E-state index in [9.17, 15) is 0 Å². The quantitative estimate of drug-likeness (QED) is 0.909. The van der Waals surface area contributed by atoms with Gasteiger partial charge in [0.25, 0.3) is 0 Å². The summed E-state index contributed by atoms with van der Waals surface area (Å²) < 4.78 is 6.11. The fourth-order valence-corrected chi connectivity index (χ4v) is 3.14. The van der Waals surface area contributed by atoms with Crippen LogP contribution in [0.1, 0.15) is 34.2 Å². The first kappa shape index (κ1) is 14.2. The minimum absolute atomic E-state index is 0.635. The lowest BCUT2D eigenvalue weighted by atomic mass is 10.1. The molecule has 0 aromatic heterocycles. The van der Waals surface area contributed by atoms with E-state index in [-0.39, 0.29) is 0 Å². The molecule has 1 aliphatic carbocycles. The van der Waals surface area contributed by atoms with Crippen LogP contribution in [0.3, 0.4) is 0 Å². The summed E-state index contributed by atoms with van der Waals surface area (Å²) in [5.41, 5.74) is 12.4. The average molecular weight is 281 g/mol. The van der Waals surface area contributed by atoms with E-state index in [0.717, 1.165) is 12.2 Å². The first-order chi connectivity index (χ1) is 10.3. The molecule has 3 rings (SSSR count). The molecule has 0 spiro atoms. The van der Waals surface area contributed by atoms with E-state index in [4.69, 9.17) is 10.5 Å². The van der Waals surface area contributed by atoms with Gasteiger partial charge in [0, 0.05) is 0 Å². The maximum absolute atomic E-state index is 6.11. The Balaban J connectivity index is 1.76. The molecule has 0 heterocycles. The molecule has 0 radical (unpaired) electrons. The van der Waals surface area contributed by atoms with Gasteiger partial charge in [-0.1, -0.05) is 36.4 Å². The largest absolute Gasteiger partial charge is 0.488 e. The van der Waals surface area contributed by atoms with Crippen molar-refractivity contribution >= 4 is 0 Å². The zero-order valence-electron chi connectivity index (χ0n) is 12.7. The molecule has 0 fully saturated rings. The SMILES string of the molecule is Cc1cccc(CCN)c1OCc1ccc2c(c1)CCC2. The zero-order valence-corrected chi connectivity index (χ0v) is 12.7. The van der Waals surface area contributed by atoms with Crippen molar-refractivity contribution in [2.45, 2.75) is 39.2 Å². The lowest BCUT2D eigenvalue weighted by molar-refractivity contribution is 0.301. The lowest BCUT2D eigenvalue weighted by Crippen LogP contribution is -2.06.